The van der Waals surface area contributed by atoms with Crippen LogP contribution in [0.5, 0.6) is 0 Å². The summed E-state index contributed by atoms with van der Waals surface area (Å²) < 4.78 is 45.2. The summed E-state index contributed by atoms with van der Waals surface area (Å²) in [4.78, 5) is 24.0. The number of nitrogens with one attached hydrogen (secondary N) is 1. The summed E-state index contributed by atoms with van der Waals surface area (Å²) in [5.41, 5.74) is -0.172. The summed E-state index contributed by atoms with van der Waals surface area (Å²) in [5.74, 6) is -1.04. The minimum Gasteiger partial charge on any atom is -0.459 e. The Hall–Kier alpha value is -2.00. The fraction of sp³-hybridized carbons (Fsp3) is 0.474. The van der Waals surface area contributed by atoms with Gasteiger partial charge in [0.25, 0.3) is 0 Å². The van der Waals surface area contributed by atoms with Gasteiger partial charge in [0, 0.05) is 25.2 Å². The molecule has 0 saturated carbocycles. The normalized spacial score (nSPS) is 15.9. The smallest absolute Gasteiger partial charge is 0.416 e. The first kappa shape index (κ1) is 22.3. The highest BCUT2D eigenvalue weighted by molar-refractivity contribution is 7.96. The molecule has 0 aromatic heterocycles. The first-order valence-electron chi connectivity index (χ1n) is 8.79. The van der Waals surface area contributed by atoms with Gasteiger partial charge in [-0.3, -0.25) is 9.10 Å². The molecule has 0 radical (unpaired) electrons. The van der Waals surface area contributed by atoms with Crippen molar-refractivity contribution < 1.29 is 27.5 Å². The van der Waals surface area contributed by atoms with E-state index in [0.29, 0.717) is 5.56 Å². The zero-order valence-electron chi connectivity index (χ0n) is 15.6. The van der Waals surface area contributed by atoms with Crippen molar-refractivity contribution in [2.45, 2.75) is 38.1 Å². The predicted molar refractivity (Wildman–Crippen MR) is 101 cm³/mol. The van der Waals surface area contributed by atoms with Crippen molar-refractivity contribution in [3.8, 4) is 0 Å². The molecule has 1 amide bonds. The van der Waals surface area contributed by atoms with Gasteiger partial charge in [-0.1, -0.05) is 30.7 Å². The highest BCUT2D eigenvalue weighted by Gasteiger charge is 2.30. The molecule has 1 aliphatic rings. The fourth-order valence-electron chi connectivity index (χ4n) is 2.71. The molecule has 28 heavy (non-hydrogen) atoms. The maximum Gasteiger partial charge on any atom is 0.416 e. The molecule has 1 aromatic rings. The molecule has 154 valence electrons. The Morgan fingerprint density at radius 3 is 2.39 bits per heavy atom. The third-order valence-electron chi connectivity index (χ3n) is 4.37. The van der Waals surface area contributed by atoms with Crippen molar-refractivity contribution in [1.29, 1.82) is 0 Å². The molecule has 2 rings (SSSR count). The molecule has 0 atom stereocenters. The van der Waals surface area contributed by atoms with Crippen LogP contribution in [-0.4, -0.2) is 41.6 Å². The van der Waals surface area contributed by atoms with Gasteiger partial charge >= 0.3 is 12.1 Å². The van der Waals surface area contributed by atoms with Gasteiger partial charge in [-0.05, 0) is 36.8 Å². The van der Waals surface area contributed by atoms with Gasteiger partial charge in [-0.25, -0.2) is 4.79 Å². The number of hydrogen-bond donors (Lipinski definition) is 1. The molecule has 1 fully saturated rings. The van der Waals surface area contributed by atoms with E-state index in [0.717, 1.165) is 38.1 Å². The zero-order valence-corrected chi connectivity index (χ0v) is 16.4. The summed E-state index contributed by atoms with van der Waals surface area (Å²) >= 11 is 1.65. The van der Waals surface area contributed by atoms with Crippen LogP contribution in [0.1, 0.15) is 30.4 Å². The Labute approximate surface area is 166 Å². The Bertz CT molecular complexity index is 699. The van der Waals surface area contributed by atoms with E-state index in [1.807, 2.05) is 6.26 Å². The standard InChI is InChI=1S/C19H23F3N2O3S/c1-13(18(26)27-16-7-9-24(28-2)10-8-16)11-17(25)23-12-14-3-5-15(6-4-14)19(20,21)22/h3-6,16H,1,7-12H2,2H3,(H,23,25). The van der Waals surface area contributed by atoms with Crippen LogP contribution in [0.3, 0.4) is 0 Å². The highest BCUT2D eigenvalue weighted by Crippen LogP contribution is 2.29. The first-order chi connectivity index (χ1) is 13.2. The predicted octanol–water partition coefficient (Wildman–Crippen LogP) is 3.55. The van der Waals surface area contributed by atoms with Crippen molar-refractivity contribution in [2.75, 3.05) is 19.3 Å². The van der Waals surface area contributed by atoms with Crippen LogP contribution in [0, 0.1) is 0 Å². The summed E-state index contributed by atoms with van der Waals surface area (Å²) in [6, 6.07) is 4.51. The van der Waals surface area contributed by atoms with Crippen LogP contribution in [0.2, 0.25) is 0 Å². The van der Waals surface area contributed by atoms with Crippen LogP contribution in [0.15, 0.2) is 36.4 Å². The first-order valence-corrected chi connectivity index (χ1v) is 9.98. The van der Waals surface area contributed by atoms with E-state index < -0.39 is 23.6 Å². The molecular weight excluding hydrogens is 393 g/mol. The van der Waals surface area contributed by atoms with Gasteiger partial charge < -0.3 is 10.1 Å². The number of benzene rings is 1. The molecule has 0 unspecified atom stereocenters. The maximum atomic E-state index is 12.5. The van der Waals surface area contributed by atoms with Gasteiger partial charge in [0.2, 0.25) is 5.91 Å². The molecule has 1 heterocycles. The number of alkyl halides is 3. The van der Waals surface area contributed by atoms with Crippen LogP contribution in [0.4, 0.5) is 13.2 Å². The van der Waals surface area contributed by atoms with Crippen molar-refractivity contribution in [1.82, 2.24) is 9.62 Å². The Balaban J connectivity index is 1.73. The van der Waals surface area contributed by atoms with Crippen LogP contribution in [0.25, 0.3) is 0 Å². The number of carbonyl (C=O) groups excluding carboxylic acids is 2. The highest BCUT2D eigenvalue weighted by atomic mass is 32.2. The molecule has 1 aliphatic heterocycles. The van der Waals surface area contributed by atoms with E-state index >= 15 is 0 Å². The third-order valence-corrected chi connectivity index (χ3v) is 5.25. The summed E-state index contributed by atoms with van der Waals surface area (Å²) in [5, 5.41) is 2.56. The number of carbonyl (C=O) groups is 2. The minimum absolute atomic E-state index is 0.0530. The number of piperidine rings is 1. The van der Waals surface area contributed by atoms with Crippen LogP contribution in [-0.2, 0) is 27.0 Å². The number of hydrogen-bond acceptors (Lipinski definition) is 5. The summed E-state index contributed by atoms with van der Waals surface area (Å²) in [7, 11) is 0. The fourth-order valence-corrected chi connectivity index (χ4v) is 3.28. The number of ether oxygens (including phenoxy) is 1. The van der Waals surface area contributed by atoms with E-state index in [1.54, 1.807) is 11.9 Å². The third kappa shape index (κ3) is 6.87. The van der Waals surface area contributed by atoms with Crippen LogP contribution < -0.4 is 5.32 Å². The van der Waals surface area contributed by atoms with Crippen molar-refractivity contribution >= 4 is 23.8 Å². The lowest BCUT2D eigenvalue weighted by atomic mass is 10.1. The zero-order chi connectivity index (χ0) is 20.7. The average molecular weight is 416 g/mol. The van der Waals surface area contributed by atoms with Gasteiger partial charge in [-0.15, -0.1) is 0 Å². The molecular formula is C19H23F3N2O3S. The lowest BCUT2D eigenvalue weighted by Crippen LogP contribution is -2.34. The molecule has 9 heteroatoms. The quantitative estimate of drug-likeness (QED) is 0.419. The van der Waals surface area contributed by atoms with Crippen molar-refractivity contribution in [3.05, 3.63) is 47.5 Å². The number of halogens is 3. The Kier molecular flexibility index (Phi) is 7.94. The van der Waals surface area contributed by atoms with Crippen molar-refractivity contribution in [3.63, 3.8) is 0 Å². The number of rotatable bonds is 7. The monoisotopic (exact) mass is 416 g/mol. The minimum atomic E-state index is -4.40. The van der Waals surface area contributed by atoms with E-state index in [1.165, 1.54) is 12.1 Å². The number of amides is 1. The SMILES string of the molecule is C=C(CC(=O)NCc1ccc(C(F)(F)F)cc1)C(=O)OC1CCN(SC)CC1. The van der Waals surface area contributed by atoms with E-state index in [-0.39, 0.29) is 24.6 Å². The topological polar surface area (TPSA) is 58.6 Å². The second-order valence-electron chi connectivity index (χ2n) is 6.47. The van der Waals surface area contributed by atoms with E-state index in [9.17, 15) is 22.8 Å². The largest absolute Gasteiger partial charge is 0.459 e. The van der Waals surface area contributed by atoms with Gasteiger partial charge in [0.05, 0.1) is 12.0 Å². The van der Waals surface area contributed by atoms with Crippen molar-refractivity contribution in [2.24, 2.45) is 0 Å². The van der Waals surface area contributed by atoms with Crippen LogP contribution >= 0.6 is 11.9 Å². The molecule has 1 aromatic carbocycles. The molecule has 0 spiro atoms. The van der Waals surface area contributed by atoms with Gasteiger partial charge in [0.15, 0.2) is 0 Å². The summed E-state index contributed by atoms with van der Waals surface area (Å²) in [6.45, 7) is 5.34. The van der Waals surface area contributed by atoms with E-state index in [4.69, 9.17) is 4.74 Å². The van der Waals surface area contributed by atoms with Gasteiger partial charge in [-0.2, -0.15) is 13.2 Å². The maximum absolute atomic E-state index is 12.5. The Morgan fingerprint density at radius 1 is 1.25 bits per heavy atom. The average Bonchev–Trinajstić information content (AvgIpc) is 2.66. The molecule has 1 N–H and O–H groups in total. The number of esters is 1. The second kappa shape index (κ2) is 9.97. The summed E-state index contributed by atoms with van der Waals surface area (Å²) in [6.07, 6.45) is -1.32. The number of nitrogens with zero attached hydrogens (tertiary/aromatic N) is 1. The van der Waals surface area contributed by atoms with E-state index in [2.05, 4.69) is 16.2 Å². The molecule has 5 nitrogen and oxygen atoms in total. The van der Waals surface area contributed by atoms with Gasteiger partial charge in [0.1, 0.15) is 6.10 Å². The lowest BCUT2D eigenvalue weighted by Gasteiger charge is -2.29. The lowest BCUT2D eigenvalue weighted by molar-refractivity contribution is -0.146. The second-order valence-corrected chi connectivity index (χ2v) is 7.35. The Morgan fingerprint density at radius 2 is 1.86 bits per heavy atom. The molecule has 0 aliphatic carbocycles. The molecule has 0 bridgehead atoms. The molecule has 1 saturated heterocycles.